The minimum atomic E-state index is -3.51. The number of fused-ring (bicyclic) bond motifs is 1. The van der Waals surface area contributed by atoms with Crippen molar-refractivity contribution in [3.63, 3.8) is 0 Å². The number of unbranched alkanes of at least 4 members (excludes halogenated alkanes) is 1. The van der Waals surface area contributed by atoms with Gasteiger partial charge in [0.1, 0.15) is 0 Å². The van der Waals surface area contributed by atoms with Gasteiger partial charge in [-0.3, -0.25) is 4.68 Å². The van der Waals surface area contributed by atoms with Crippen LogP contribution in [0.2, 0.25) is 0 Å². The zero-order valence-corrected chi connectivity index (χ0v) is 13.4. The van der Waals surface area contributed by atoms with Crippen LogP contribution in [0.4, 0.5) is 0 Å². The second-order valence-corrected chi connectivity index (χ2v) is 6.98. The molecule has 3 aromatic rings. The lowest BCUT2D eigenvalue weighted by Gasteiger charge is -2.09. The van der Waals surface area contributed by atoms with Gasteiger partial charge in [0.2, 0.25) is 10.0 Å². The molecule has 0 atom stereocenters. The van der Waals surface area contributed by atoms with Crippen molar-refractivity contribution in [1.82, 2.24) is 19.7 Å². The van der Waals surface area contributed by atoms with Gasteiger partial charge in [-0.2, -0.15) is 0 Å². The maximum absolute atomic E-state index is 12.5. The number of rotatable bonds is 7. The van der Waals surface area contributed by atoms with E-state index in [4.69, 9.17) is 0 Å². The zero-order chi connectivity index (χ0) is 16.1. The minimum Gasteiger partial charge on any atom is -0.253 e. The van der Waals surface area contributed by atoms with Crippen LogP contribution < -0.4 is 4.72 Å². The number of nitrogens with one attached hydrogen (secondary N) is 1. The molecule has 0 unspecified atom stereocenters. The van der Waals surface area contributed by atoms with E-state index >= 15 is 0 Å². The largest absolute Gasteiger partial charge is 0.253 e. The Hall–Kier alpha value is -2.25. The molecule has 6 nitrogen and oxygen atoms in total. The Bertz CT molecular complexity index is 871. The Balaban J connectivity index is 1.62. The first-order valence-corrected chi connectivity index (χ1v) is 8.97. The number of hydrogen-bond acceptors (Lipinski definition) is 4. The summed E-state index contributed by atoms with van der Waals surface area (Å²) in [6, 6.07) is 12.8. The standard InChI is InChI=1S/C16H18N4O2S/c21-23(22,18-10-3-4-12-20-13-11-17-19-20)16-9-5-7-14-6-1-2-8-15(14)16/h1-2,5-9,11,13,18H,3-4,10,12H2. The van der Waals surface area contributed by atoms with Crippen LogP contribution in [-0.4, -0.2) is 30.0 Å². The lowest BCUT2D eigenvalue weighted by atomic mass is 10.1. The highest BCUT2D eigenvalue weighted by molar-refractivity contribution is 7.89. The maximum Gasteiger partial charge on any atom is 0.241 e. The lowest BCUT2D eigenvalue weighted by Crippen LogP contribution is -2.25. The summed E-state index contributed by atoms with van der Waals surface area (Å²) in [7, 11) is -3.51. The first-order chi connectivity index (χ1) is 11.2. The first-order valence-electron chi connectivity index (χ1n) is 7.48. The molecule has 1 N–H and O–H groups in total. The SMILES string of the molecule is O=S(=O)(NCCCCn1ccnn1)c1cccc2ccccc12. The van der Waals surface area contributed by atoms with Crippen molar-refractivity contribution in [2.75, 3.05) is 6.54 Å². The van der Waals surface area contributed by atoms with Gasteiger partial charge in [-0.05, 0) is 24.3 Å². The number of aryl methyl sites for hydroxylation is 1. The van der Waals surface area contributed by atoms with Crippen LogP contribution in [0.5, 0.6) is 0 Å². The molecule has 120 valence electrons. The second kappa shape index (κ2) is 6.89. The van der Waals surface area contributed by atoms with Crippen LogP contribution >= 0.6 is 0 Å². The summed E-state index contributed by atoms with van der Waals surface area (Å²) >= 11 is 0. The summed E-state index contributed by atoms with van der Waals surface area (Å²) in [6.07, 6.45) is 4.99. The third-order valence-corrected chi connectivity index (χ3v) is 5.14. The van der Waals surface area contributed by atoms with E-state index in [0.29, 0.717) is 11.4 Å². The summed E-state index contributed by atoms with van der Waals surface area (Å²) in [4.78, 5) is 0.326. The summed E-state index contributed by atoms with van der Waals surface area (Å²) in [5.41, 5.74) is 0. The highest BCUT2D eigenvalue weighted by Crippen LogP contribution is 2.22. The van der Waals surface area contributed by atoms with Crippen molar-refractivity contribution in [2.45, 2.75) is 24.3 Å². The summed E-state index contributed by atoms with van der Waals surface area (Å²) in [5.74, 6) is 0. The molecule has 1 heterocycles. The average Bonchev–Trinajstić information content (AvgIpc) is 3.07. The van der Waals surface area contributed by atoms with E-state index in [2.05, 4.69) is 15.0 Å². The normalized spacial score (nSPS) is 11.8. The Kier molecular flexibility index (Phi) is 4.68. The van der Waals surface area contributed by atoms with Crippen molar-refractivity contribution in [2.24, 2.45) is 0 Å². The minimum absolute atomic E-state index is 0.326. The van der Waals surface area contributed by atoms with Gasteiger partial charge in [0.25, 0.3) is 0 Å². The van der Waals surface area contributed by atoms with Gasteiger partial charge in [-0.1, -0.05) is 41.6 Å². The quantitative estimate of drug-likeness (QED) is 0.674. The lowest BCUT2D eigenvalue weighted by molar-refractivity contribution is 0.533. The van der Waals surface area contributed by atoms with Crippen LogP contribution in [0.25, 0.3) is 10.8 Å². The first kappa shape index (κ1) is 15.6. The molecule has 0 radical (unpaired) electrons. The molecule has 7 heteroatoms. The molecule has 23 heavy (non-hydrogen) atoms. The van der Waals surface area contributed by atoms with E-state index in [1.54, 1.807) is 29.2 Å². The van der Waals surface area contributed by atoms with Crippen molar-refractivity contribution in [3.8, 4) is 0 Å². The molecule has 0 spiro atoms. The zero-order valence-electron chi connectivity index (χ0n) is 12.6. The molecule has 0 bridgehead atoms. The molecule has 0 amide bonds. The average molecular weight is 330 g/mol. The van der Waals surface area contributed by atoms with Gasteiger partial charge in [-0.25, -0.2) is 13.1 Å². The van der Waals surface area contributed by atoms with Gasteiger partial charge < -0.3 is 0 Å². The number of benzene rings is 2. The smallest absolute Gasteiger partial charge is 0.241 e. The topological polar surface area (TPSA) is 76.9 Å². The highest BCUT2D eigenvalue weighted by Gasteiger charge is 2.16. The molecule has 0 aliphatic carbocycles. The summed E-state index contributed by atoms with van der Waals surface area (Å²) in [5, 5.41) is 9.26. The number of nitrogens with zero attached hydrogens (tertiary/aromatic N) is 3. The number of aromatic nitrogens is 3. The predicted molar refractivity (Wildman–Crippen MR) is 88.4 cm³/mol. The number of hydrogen-bond donors (Lipinski definition) is 1. The van der Waals surface area contributed by atoms with E-state index in [0.717, 1.165) is 30.2 Å². The Morgan fingerprint density at radius 3 is 2.70 bits per heavy atom. The molecule has 0 saturated carbocycles. The van der Waals surface area contributed by atoms with Crippen LogP contribution in [-0.2, 0) is 16.6 Å². The van der Waals surface area contributed by atoms with E-state index in [9.17, 15) is 8.42 Å². The van der Waals surface area contributed by atoms with E-state index in [1.165, 1.54) is 0 Å². The molecule has 0 saturated heterocycles. The Morgan fingerprint density at radius 2 is 1.87 bits per heavy atom. The monoisotopic (exact) mass is 330 g/mol. The second-order valence-electron chi connectivity index (χ2n) is 5.25. The fraction of sp³-hybridized carbons (Fsp3) is 0.250. The van der Waals surface area contributed by atoms with Gasteiger partial charge >= 0.3 is 0 Å². The third-order valence-electron chi connectivity index (χ3n) is 3.62. The van der Waals surface area contributed by atoms with Crippen molar-refractivity contribution in [3.05, 3.63) is 54.9 Å². The van der Waals surface area contributed by atoms with Crippen LogP contribution in [0.15, 0.2) is 59.8 Å². The van der Waals surface area contributed by atoms with Crippen molar-refractivity contribution >= 4 is 20.8 Å². The van der Waals surface area contributed by atoms with Crippen LogP contribution in [0.1, 0.15) is 12.8 Å². The molecule has 0 aliphatic rings. The van der Waals surface area contributed by atoms with E-state index in [1.807, 2.05) is 30.3 Å². The molecule has 1 aromatic heterocycles. The van der Waals surface area contributed by atoms with Gasteiger partial charge in [0.15, 0.2) is 0 Å². The fourth-order valence-electron chi connectivity index (χ4n) is 2.47. The molecule has 0 fully saturated rings. The van der Waals surface area contributed by atoms with Crippen LogP contribution in [0.3, 0.4) is 0 Å². The van der Waals surface area contributed by atoms with Gasteiger partial charge in [0.05, 0.1) is 11.1 Å². The van der Waals surface area contributed by atoms with E-state index < -0.39 is 10.0 Å². The van der Waals surface area contributed by atoms with Crippen molar-refractivity contribution < 1.29 is 8.42 Å². The molecular weight excluding hydrogens is 312 g/mol. The fourth-order valence-corrected chi connectivity index (χ4v) is 3.77. The van der Waals surface area contributed by atoms with Gasteiger partial charge in [-0.15, -0.1) is 5.10 Å². The molecule has 0 aliphatic heterocycles. The van der Waals surface area contributed by atoms with Gasteiger partial charge in [0, 0.05) is 24.7 Å². The highest BCUT2D eigenvalue weighted by atomic mass is 32.2. The summed E-state index contributed by atoms with van der Waals surface area (Å²) in [6.45, 7) is 1.14. The van der Waals surface area contributed by atoms with E-state index in [-0.39, 0.29) is 0 Å². The molecule has 2 aromatic carbocycles. The Labute approximate surface area is 135 Å². The summed E-state index contributed by atoms with van der Waals surface area (Å²) < 4.78 is 29.4. The molecular formula is C16H18N4O2S. The third kappa shape index (κ3) is 3.75. The number of sulfonamides is 1. The van der Waals surface area contributed by atoms with Crippen LogP contribution in [0, 0.1) is 0 Å². The maximum atomic E-state index is 12.5. The molecule has 3 rings (SSSR count). The Morgan fingerprint density at radius 1 is 1.04 bits per heavy atom. The van der Waals surface area contributed by atoms with Crippen molar-refractivity contribution in [1.29, 1.82) is 0 Å². The predicted octanol–water partition coefficient (Wildman–Crippen LogP) is 2.19.